The van der Waals surface area contributed by atoms with Crippen molar-refractivity contribution in [3.63, 3.8) is 0 Å². The van der Waals surface area contributed by atoms with Gasteiger partial charge in [0.25, 0.3) is 5.69 Å². The van der Waals surface area contributed by atoms with Gasteiger partial charge in [-0.1, -0.05) is 0 Å². The highest BCUT2D eigenvalue weighted by atomic mass is 16.6. The highest BCUT2D eigenvalue weighted by Gasteiger charge is 2.14. The second kappa shape index (κ2) is 5.79. The van der Waals surface area contributed by atoms with E-state index in [1.807, 2.05) is 13.0 Å². The van der Waals surface area contributed by atoms with Crippen molar-refractivity contribution in [1.82, 2.24) is 5.32 Å². The summed E-state index contributed by atoms with van der Waals surface area (Å²) < 4.78 is 5.55. The number of nitrogens with one attached hydrogen (secondary N) is 2. The Hall–Kier alpha value is -1.66. The van der Waals surface area contributed by atoms with Gasteiger partial charge in [0.05, 0.1) is 17.6 Å². The maximum Gasteiger partial charge on any atom is 0.271 e. The predicted octanol–water partition coefficient (Wildman–Crippen LogP) is 1.30. The number of benzene rings is 1. The zero-order chi connectivity index (χ0) is 13.0. The summed E-state index contributed by atoms with van der Waals surface area (Å²) in [4.78, 5) is 10.4. The van der Waals surface area contributed by atoms with E-state index in [1.165, 1.54) is 0 Å². The second-order valence-electron chi connectivity index (χ2n) is 4.39. The van der Waals surface area contributed by atoms with Gasteiger partial charge in [-0.2, -0.15) is 0 Å². The van der Waals surface area contributed by atoms with Crippen molar-refractivity contribution in [1.29, 1.82) is 0 Å². The number of nitrogens with zero attached hydrogens (tertiary/aromatic N) is 1. The van der Waals surface area contributed by atoms with Crippen LogP contribution in [0, 0.1) is 17.0 Å². The fourth-order valence-electron chi connectivity index (χ4n) is 1.95. The molecule has 6 nitrogen and oxygen atoms in total. The number of rotatable bonds is 4. The number of aryl methyl sites for hydroxylation is 1. The predicted molar refractivity (Wildman–Crippen MR) is 68.9 cm³/mol. The molecule has 0 bridgehead atoms. The van der Waals surface area contributed by atoms with Gasteiger partial charge in [-0.25, -0.2) is 0 Å². The molecule has 0 saturated carbocycles. The first-order chi connectivity index (χ1) is 8.65. The van der Waals surface area contributed by atoms with Gasteiger partial charge in [0.15, 0.2) is 0 Å². The summed E-state index contributed by atoms with van der Waals surface area (Å²) in [6.07, 6.45) is 0.110. The van der Waals surface area contributed by atoms with Crippen LogP contribution in [0.2, 0.25) is 0 Å². The third-order valence-corrected chi connectivity index (χ3v) is 2.81. The summed E-state index contributed by atoms with van der Waals surface area (Å²) in [5.74, 6) is 0. The van der Waals surface area contributed by atoms with E-state index in [2.05, 4.69) is 10.6 Å². The second-order valence-corrected chi connectivity index (χ2v) is 4.39. The number of nitro benzene ring substituents is 1. The number of ether oxygens (including phenoxy) is 1. The Morgan fingerprint density at radius 2 is 2.39 bits per heavy atom. The van der Waals surface area contributed by atoms with Crippen LogP contribution in [0.3, 0.4) is 0 Å². The van der Waals surface area contributed by atoms with Crippen LogP contribution >= 0.6 is 0 Å². The minimum absolute atomic E-state index is 0.110. The molecule has 1 aliphatic rings. The summed E-state index contributed by atoms with van der Waals surface area (Å²) in [6.45, 7) is 4.89. The van der Waals surface area contributed by atoms with Crippen molar-refractivity contribution in [2.45, 2.75) is 13.0 Å². The smallest absolute Gasteiger partial charge is 0.271 e. The van der Waals surface area contributed by atoms with Crippen molar-refractivity contribution in [3.8, 4) is 0 Å². The third-order valence-electron chi connectivity index (χ3n) is 2.81. The van der Waals surface area contributed by atoms with Crippen LogP contribution in [0.1, 0.15) is 5.56 Å². The van der Waals surface area contributed by atoms with Crippen LogP contribution in [0.5, 0.6) is 0 Å². The molecule has 98 valence electrons. The van der Waals surface area contributed by atoms with Gasteiger partial charge in [-0.15, -0.1) is 0 Å². The molecule has 2 rings (SSSR count). The Morgan fingerprint density at radius 3 is 3.06 bits per heavy atom. The van der Waals surface area contributed by atoms with Gasteiger partial charge in [0.1, 0.15) is 0 Å². The van der Waals surface area contributed by atoms with Gasteiger partial charge in [-0.3, -0.25) is 10.1 Å². The molecule has 0 aliphatic carbocycles. The maximum absolute atomic E-state index is 10.8. The van der Waals surface area contributed by atoms with Crippen LogP contribution in [-0.4, -0.2) is 37.3 Å². The fraction of sp³-hybridized carbons (Fsp3) is 0.500. The molecule has 1 aliphatic heterocycles. The lowest BCUT2D eigenvalue weighted by molar-refractivity contribution is -0.384. The molecule has 18 heavy (non-hydrogen) atoms. The lowest BCUT2D eigenvalue weighted by Crippen LogP contribution is -2.42. The molecule has 0 radical (unpaired) electrons. The van der Waals surface area contributed by atoms with Gasteiger partial charge < -0.3 is 15.4 Å². The van der Waals surface area contributed by atoms with Crippen molar-refractivity contribution in [2.75, 3.05) is 31.6 Å². The number of morpholine rings is 1. The summed E-state index contributed by atoms with van der Waals surface area (Å²) in [7, 11) is 0. The van der Waals surface area contributed by atoms with E-state index in [9.17, 15) is 10.1 Å². The Labute approximate surface area is 105 Å². The van der Waals surface area contributed by atoms with Crippen LogP contribution in [0.25, 0.3) is 0 Å². The Balaban J connectivity index is 1.97. The molecule has 1 unspecified atom stereocenters. The topological polar surface area (TPSA) is 76.4 Å². The summed E-state index contributed by atoms with van der Waals surface area (Å²) in [5, 5.41) is 17.2. The number of nitro groups is 1. The summed E-state index contributed by atoms with van der Waals surface area (Å²) in [5.41, 5.74) is 1.74. The Kier molecular flexibility index (Phi) is 4.11. The minimum Gasteiger partial charge on any atom is -0.382 e. The Morgan fingerprint density at radius 1 is 1.56 bits per heavy atom. The fourth-order valence-corrected chi connectivity index (χ4v) is 1.95. The molecule has 0 amide bonds. The van der Waals surface area contributed by atoms with Gasteiger partial charge in [0, 0.05) is 37.5 Å². The monoisotopic (exact) mass is 251 g/mol. The van der Waals surface area contributed by atoms with Crippen LogP contribution in [-0.2, 0) is 4.74 Å². The number of hydrogen-bond acceptors (Lipinski definition) is 5. The first-order valence-corrected chi connectivity index (χ1v) is 5.97. The van der Waals surface area contributed by atoms with Crippen LogP contribution < -0.4 is 10.6 Å². The minimum atomic E-state index is -0.378. The van der Waals surface area contributed by atoms with Gasteiger partial charge >= 0.3 is 0 Å². The number of non-ortho nitro benzene ring substituents is 1. The molecule has 0 aromatic heterocycles. The highest BCUT2D eigenvalue weighted by Crippen LogP contribution is 2.20. The maximum atomic E-state index is 10.8. The van der Waals surface area contributed by atoms with E-state index < -0.39 is 0 Å². The largest absolute Gasteiger partial charge is 0.382 e. The zero-order valence-corrected chi connectivity index (χ0v) is 10.3. The SMILES string of the molecule is Cc1cc(NCC2CNCCO2)cc([N+](=O)[O-])c1. The average Bonchev–Trinajstić information content (AvgIpc) is 2.37. The lowest BCUT2D eigenvalue weighted by Gasteiger charge is -2.24. The normalized spacial score (nSPS) is 19.5. The van der Waals surface area contributed by atoms with E-state index in [4.69, 9.17) is 4.74 Å². The number of hydrogen-bond donors (Lipinski definition) is 2. The van der Waals surface area contributed by atoms with Crippen LogP contribution in [0.15, 0.2) is 18.2 Å². The molecule has 1 atom stereocenters. The van der Waals surface area contributed by atoms with Crippen LogP contribution in [0.4, 0.5) is 11.4 Å². The summed E-state index contributed by atoms with van der Waals surface area (Å²) in [6, 6.07) is 5.00. The molecule has 6 heteroatoms. The molecule has 2 N–H and O–H groups in total. The molecular formula is C12H17N3O3. The van der Waals surface area contributed by atoms with Gasteiger partial charge in [-0.05, 0) is 18.6 Å². The van der Waals surface area contributed by atoms with E-state index in [0.717, 1.165) is 24.3 Å². The quantitative estimate of drug-likeness (QED) is 0.623. The van der Waals surface area contributed by atoms with Crippen molar-refractivity contribution < 1.29 is 9.66 Å². The van der Waals surface area contributed by atoms with Crippen molar-refractivity contribution in [3.05, 3.63) is 33.9 Å². The van der Waals surface area contributed by atoms with Crippen molar-refractivity contribution >= 4 is 11.4 Å². The lowest BCUT2D eigenvalue weighted by atomic mass is 10.2. The first kappa shape index (κ1) is 12.8. The standard InChI is InChI=1S/C12H17N3O3/c1-9-4-10(6-11(5-9)15(16)17)14-8-12-7-13-2-3-18-12/h4-6,12-14H,2-3,7-8H2,1H3. The zero-order valence-electron chi connectivity index (χ0n) is 10.3. The van der Waals surface area contributed by atoms with E-state index in [1.54, 1.807) is 12.1 Å². The van der Waals surface area contributed by atoms with E-state index in [0.29, 0.717) is 13.2 Å². The molecule has 1 aromatic carbocycles. The molecule has 1 aromatic rings. The average molecular weight is 251 g/mol. The number of anilines is 1. The molecule has 1 heterocycles. The molecular weight excluding hydrogens is 234 g/mol. The first-order valence-electron chi connectivity index (χ1n) is 5.97. The molecule has 0 spiro atoms. The Bertz CT molecular complexity index is 431. The van der Waals surface area contributed by atoms with E-state index in [-0.39, 0.29) is 16.7 Å². The molecule has 1 saturated heterocycles. The van der Waals surface area contributed by atoms with Gasteiger partial charge in [0.2, 0.25) is 0 Å². The van der Waals surface area contributed by atoms with E-state index >= 15 is 0 Å². The third kappa shape index (κ3) is 3.41. The van der Waals surface area contributed by atoms with Crippen molar-refractivity contribution in [2.24, 2.45) is 0 Å². The highest BCUT2D eigenvalue weighted by molar-refractivity contribution is 5.53. The summed E-state index contributed by atoms with van der Waals surface area (Å²) >= 11 is 0. The molecule has 1 fully saturated rings.